The van der Waals surface area contributed by atoms with Gasteiger partial charge in [-0.25, -0.2) is 0 Å². The number of pyridine rings is 1. The van der Waals surface area contributed by atoms with E-state index in [0.717, 1.165) is 0 Å². The molecular formula is C9H5Cl2NO. The maximum atomic E-state index is 9.18. The van der Waals surface area contributed by atoms with Gasteiger partial charge in [-0.15, -0.1) is 0 Å². The summed E-state index contributed by atoms with van der Waals surface area (Å²) in [6.45, 7) is 0. The molecule has 13 heavy (non-hydrogen) atoms. The van der Waals surface area contributed by atoms with Crippen molar-refractivity contribution in [1.29, 1.82) is 0 Å². The third-order valence-corrected chi connectivity index (χ3v) is 2.56. The molecule has 66 valence electrons. The van der Waals surface area contributed by atoms with Crippen LogP contribution in [-0.4, -0.2) is 10.1 Å². The maximum absolute atomic E-state index is 9.18. The highest BCUT2D eigenvalue weighted by Gasteiger charge is 2.04. The first-order valence-electron chi connectivity index (χ1n) is 3.61. The summed E-state index contributed by atoms with van der Waals surface area (Å²) >= 11 is 11.7. The topological polar surface area (TPSA) is 33.1 Å². The van der Waals surface area contributed by atoms with E-state index < -0.39 is 0 Å². The molecular weight excluding hydrogens is 209 g/mol. The molecule has 1 heterocycles. The number of hydrogen-bond donors (Lipinski definition) is 1. The maximum Gasteiger partial charge on any atom is 0.134 e. The molecule has 1 N–H and O–H groups in total. The fraction of sp³-hybridized carbons (Fsp3) is 0. The van der Waals surface area contributed by atoms with Crippen molar-refractivity contribution >= 4 is 34.1 Å². The van der Waals surface area contributed by atoms with E-state index in [4.69, 9.17) is 23.2 Å². The van der Waals surface area contributed by atoms with Crippen LogP contribution >= 0.6 is 23.2 Å². The van der Waals surface area contributed by atoms with Gasteiger partial charge >= 0.3 is 0 Å². The standard InChI is InChI=1S/C9H5Cl2NO/c10-7-1-2-8-6(9(7)11)3-5(13)4-12-8/h1-4,13H. The lowest BCUT2D eigenvalue weighted by Crippen LogP contribution is -1.79. The molecule has 0 aliphatic heterocycles. The fourth-order valence-electron chi connectivity index (χ4n) is 1.13. The minimum atomic E-state index is 0.0802. The second-order valence-electron chi connectivity index (χ2n) is 2.62. The number of benzene rings is 1. The van der Waals surface area contributed by atoms with Gasteiger partial charge in [0.2, 0.25) is 0 Å². The van der Waals surface area contributed by atoms with Gasteiger partial charge in [-0.05, 0) is 18.2 Å². The van der Waals surface area contributed by atoms with Crippen LogP contribution in [0.3, 0.4) is 0 Å². The van der Waals surface area contributed by atoms with E-state index in [0.29, 0.717) is 20.9 Å². The van der Waals surface area contributed by atoms with Crippen molar-refractivity contribution in [2.24, 2.45) is 0 Å². The minimum absolute atomic E-state index is 0.0802. The normalized spacial score (nSPS) is 10.6. The van der Waals surface area contributed by atoms with Gasteiger partial charge in [0.05, 0.1) is 21.8 Å². The SMILES string of the molecule is Oc1cnc2ccc(Cl)c(Cl)c2c1. The van der Waals surface area contributed by atoms with E-state index in [9.17, 15) is 5.11 Å². The van der Waals surface area contributed by atoms with E-state index in [2.05, 4.69) is 4.98 Å². The molecule has 0 fully saturated rings. The van der Waals surface area contributed by atoms with Gasteiger partial charge in [0, 0.05) is 5.39 Å². The Morgan fingerprint density at radius 3 is 2.77 bits per heavy atom. The third-order valence-electron chi connectivity index (χ3n) is 1.74. The number of nitrogens with zero attached hydrogens (tertiary/aromatic N) is 1. The summed E-state index contributed by atoms with van der Waals surface area (Å²) in [4.78, 5) is 3.99. The zero-order valence-electron chi connectivity index (χ0n) is 6.46. The van der Waals surface area contributed by atoms with Crippen LogP contribution < -0.4 is 0 Å². The minimum Gasteiger partial charge on any atom is -0.506 e. The summed E-state index contributed by atoms with van der Waals surface area (Å²) in [5, 5.41) is 10.7. The first-order chi connectivity index (χ1) is 6.18. The van der Waals surface area contributed by atoms with Gasteiger partial charge < -0.3 is 5.11 Å². The highest BCUT2D eigenvalue weighted by molar-refractivity contribution is 6.45. The molecule has 2 rings (SSSR count). The lowest BCUT2D eigenvalue weighted by atomic mass is 10.2. The number of halogens is 2. The molecule has 1 aromatic heterocycles. The average Bonchev–Trinajstić information content (AvgIpc) is 2.12. The first-order valence-corrected chi connectivity index (χ1v) is 4.37. The molecule has 2 aromatic rings. The lowest BCUT2D eigenvalue weighted by molar-refractivity contribution is 0.474. The molecule has 0 atom stereocenters. The molecule has 0 spiro atoms. The Balaban J connectivity index is 2.89. The zero-order valence-corrected chi connectivity index (χ0v) is 7.97. The average molecular weight is 214 g/mol. The van der Waals surface area contributed by atoms with E-state index in [1.165, 1.54) is 12.3 Å². The van der Waals surface area contributed by atoms with Crippen molar-refractivity contribution < 1.29 is 5.11 Å². The lowest BCUT2D eigenvalue weighted by Gasteiger charge is -2.01. The molecule has 4 heteroatoms. The molecule has 0 bridgehead atoms. The molecule has 0 saturated carbocycles. The second-order valence-corrected chi connectivity index (χ2v) is 3.41. The second kappa shape index (κ2) is 3.05. The highest BCUT2D eigenvalue weighted by atomic mass is 35.5. The van der Waals surface area contributed by atoms with Crippen LogP contribution in [0.15, 0.2) is 24.4 Å². The summed E-state index contributed by atoms with van der Waals surface area (Å²) in [7, 11) is 0. The van der Waals surface area contributed by atoms with E-state index in [-0.39, 0.29) is 5.75 Å². The van der Waals surface area contributed by atoms with Crippen LogP contribution in [0.2, 0.25) is 10.0 Å². The van der Waals surface area contributed by atoms with Gasteiger partial charge in [-0.3, -0.25) is 4.98 Å². The quantitative estimate of drug-likeness (QED) is 0.730. The molecule has 2 nitrogen and oxygen atoms in total. The summed E-state index contributed by atoms with van der Waals surface area (Å²) in [6.07, 6.45) is 1.37. The Kier molecular flexibility index (Phi) is 2.02. The highest BCUT2D eigenvalue weighted by Crippen LogP contribution is 2.31. The number of aromatic nitrogens is 1. The molecule has 1 aromatic carbocycles. The van der Waals surface area contributed by atoms with Crippen LogP contribution in [0.4, 0.5) is 0 Å². The van der Waals surface area contributed by atoms with E-state index >= 15 is 0 Å². The van der Waals surface area contributed by atoms with Gasteiger partial charge in [-0.1, -0.05) is 23.2 Å². The molecule has 0 saturated heterocycles. The smallest absolute Gasteiger partial charge is 0.134 e. The molecule has 0 unspecified atom stereocenters. The summed E-state index contributed by atoms with van der Waals surface area (Å²) in [5.74, 6) is 0.0802. The van der Waals surface area contributed by atoms with Crippen molar-refractivity contribution in [2.45, 2.75) is 0 Å². The van der Waals surface area contributed by atoms with Gasteiger partial charge in [0.1, 0.15) is 5.75 Å². The largest absolute Gasteiger partial charge is 0.506 e. The van der Waals surface area contributed by atoms with Crippen molar-refractivity contribution in [2.75, 3.05) is 0 Å². The van der Waals surface area contributed by atoms with E-state index in [1.54, 1.807) is 12.1 Å². The van der Waals surface area contributed by atoms with Gasteiger partial charge in [0.25, 0.3) is 0 Å². The molecule has 0 amide bonds. The predicted molar refractivity (Wildman–Crippen MR) is 53.4 cm³/mol. The summed E-state index contributed by atoms with van der Waals surface area (Å²) in [5.41, 5.74) is 0.715. The monoisotopic (exact) mass is 213 g/mol. The zero-order chi connectivity index (χ0) is 9.42. The van der Waals surface area contributed by atoms with Crippen LogP contribution in [0.25, 0.3) is 10.9 Å². The van der Waals surface area contributed by atoms with Crippen molar-refractivity contribution in [3.8, 4) is 5.75 Å². The Morgan fingerprint density at radius 2 is 2.00 bits per heavy atom. The third kappa shape index (κ3) is 1.43. The van der Waals surface area contributed by atoms with Gasteiger partial charge in [-0.2, -0.15) is 0 Å². The van der Waals surface area contributed by atoms with Crippen LogP contribution in [0.1, 0.15) is 0 Å². The van der Waals surface area contributed by atoms with Gasteiger partial charge in [0.15, 0.2) is 0 Å². The fourth-order valence-corrected chi connectivity index (χ4v) is 1.51. The Hall–Kier alpha value is -0.990. The van der Waals surface area contributed by atoms with Crippen molar-refractivity contribution in [3.63, 3.8) is 0 Å². The number of aromatic hydroxyl groups is 1. The van der Waals surface area contributed by atoms with Crippen LogP contribution in [-0.2, 0) is 0 Å². The number of fused-ring (bicyclic) bond motifs is 1. The van der Waals surface area contributed by atoms with Crippen LogP contribution in [0, 0.1) is 0 Å². The van der Waals surface area contributed by atoms with E-state index in [1.807, 2.05) is 0 Å². The van der Waals surface area contributed by atoms with Crippen molar-refractivity contribution in [1.82, 2.24) is 4.98 Å². The molecule has 0 aliphatic rings. The molecule has 0 radical (unpaired) electrons. The number of rotatable bonds is 0. The first kappa shape index (κ1) is 8.60. The summed E-state index contributed by atoms with van der Waals surface area (Å²) < 4.78 is 0. The number of hydrogen-bond acceptors (Lipinski definition) is 2. The Labute approximate surface area is 84.7 Å². The summed E-state index contributed by atoms with van der Waals surface area (Å²) in [6, 6.07) is 4.97. The molecule has 0 aliphatic carbocycles. The van der Waals surface area contributed by atoms with Crippen molar-refractivity contribution in [3.05, 3.63) is 34.4 Å². The van der Waals surface area contributed by atoms with Crippen LogP contribution in [0.5, 0.6) is 5.75 Å². The predicted octanol–water partition coefficient (Wildman–Crippen LogP) is 3.25. The Morgan fingerprint density at radius 1 is 1.23 bits per heavy atom. The Bertz CT molecular complexity index is 465.